The maximum absolute atomic E-state index is 8.58. The highest BCUT2D eigenvalue weighted by atomic mass is 32.2. The topological polar surface area (TPSA) is 64.8 Å². The summed E-state index contributed by atoms with van der Waals surface area (Å²) in [6, 6.07) is 0. The third-order valence-corrected chi connectivity index (χ3v) is 1.11. The molecule has 0 aliphatic carbocycles. The Balaban J connectivity index is 2.76. The first kappa shape index (κ1) is 5.30. The van der Waals surface area contributed by atoms with E-state index in [2.05, 4.69) is 9.12 Å². The SMILES string of the molecule is OC1=C(O)NSN=C1. The average Bonchev–Trinajstić information content (AvgIpc) is 1.77. The molecule has 5 heteroatoms. The van der Waals surface area contributed by atoms with Crippen LogP contribution >= 0.6 is 12.1 Å². The summed E-state index contributed by atoms with van der Waals surface area (Å²) in [5, 5.41) is 17.2. The zero-order valence-electron chi connectivity index (χ0n) is 3.83. The minimum atomic E-state index is -0.245. The molecule has 4 nitrogen and oxygen atoms in total. The van der Waals surface area contributed by atoms with E-state index in [0.717, 1.165) is 18.3 Å². The summed E-state index contributed by atoms with van der Waals surface area (Å²) in [5.41, 5.74) is 0. The number of nitrogens with zero attached hydrogens (tertiary/aromatic N) is 1. The molecule has 1 aliphatic heterocycles. The smallest absolute Gasteiger partial charge is 0.240 e. The molecule has 3 N–H and O–H groups in total. The Morgan fingerprint density at radius 3 is 2.75 bits per heavy atom. The highest BCUT2D eigenvalue weighted by molar-refractivity contribution is 7.96. The summed E-state index contributed by atoms with van der Waals surface area (Å²) >= 11 is 0.958. The zero-order chi connectivity index (χ0) is 5.98. The van der Waals surface area contributed by atoms with Crippen LogP contribution in [0.1, 0.15) is 0 Å². The predicted octanol–water partition coefficient (Wildman–Crippen LogP) is 0.509. The van der Waals surface area contributed by atoms with Gasteiger partial charge in [-0.2, -0.15) is 4.40 Å². The molecule has 0 aromatic carbocycles. The molecule has 0 aromatic heterocycles. The number of hydrogen-bond acceptors (Lipinski definition) is 5. The van der Waals surface area contributed by atoms with E-state index < -0.39 is 0 Å². The van der Waals surface area contributed by atoms with Gasteiger partial charge in [-0.15, -0.1) is 0 Å². The first-order valence-electron chi connectivity index (χ1n) is 1.88. The van der Waals surface area contributed by atoms with Gasteiger partial charge in [0.1, 0.15) is 0 Å². The van der Waals surface area contributed by atoms with Crippen LogP contribution in [0.15, 0.2) is 16.0 Å². The molecule has 0 amide bonds. The van der Waals surface area contributed by atoms with Gasteiger partial charge in [-0.05, 0) is 0 Å². The van der Waals surface area contributed by atoms with Gasteiger partial charge in [0, 0.05) is 0 Å². The molecule has 0 aromatic rings. The Labute approximate surface area is 50.2 Å². The van der Waals surface area contributed by atoms with Crippen LogP contribution in [-0.2, 0) is 0 Å². The van der Waals surface area contributed by atoms with Crippen molar-refractivity contribution in [3.63, 3.8) is 0 Å². The van der Waals surface area contributed by atoms with E-state index >= 15 is 0 Å². The highest BCUT2D eigenvalue weighted by Crippen LogP contribution is 2.06. The maximum atomic E-state index is 8.58. The Morgan fingerprint density at radius 2 is 2.38 bits per heavy atom. The molecular weight excluding hydrogens is 128 g/mol. The molecule has 0 saturated carbocycles. The molecule has 1 aliphatic rings. The normalized spacial score (nSPS) is 18.5. The summed E-state index contributed by atoms with van der Waals surface area (Å²) in [6.45, 7) is 0. The third-order valence-electron chi connectivity index (χ3n) is 0.613. The number of hydrogen-bond donors (Lipinski definition) is 3. The second-order valence-corrected chi connectivity index (χ2v) is 1.76. The average molecular weight is 132 g/mol. The lowest BCUT2D eigenvalue weighted by atomic mass is 10.6. The lowest BCUT2D eigenvalue weighted by molar-refractivity contribution is 0.333. The van der Waals surface area contributed by atoms with Gasteiger partial charge in [0.25, 0.3) is 0 Å². The summed E-state index contributed by atoms with van der Waals surface area (Å²) in [6.07, 6.45) is 1.16. The molecule has 0 fully saturated rings. The predicted molar refractivity (Wildman–Crippen MR) is 31.5 cm³/mol. The van der Waals surface area contributed by atoms with Crippen molar-refractivity contribution in [2.45, 2.75) is 0 Å². The fourth-order valence-electron chi connectivity index (χ4n) is 0.259. The van der Waals surface area contributed by atoms with Crippen molar-refractivity contribution in [1.82, 2.24) is 4.72 Å². The third kappa shape index (κ3) is 0.865. The molecule has 0 atom stereocenters. The lowest BCUT2D eigenvalue weighted by Crippen LogP contribution is -2.09. The van der Waals surface area contributed by atoms with Crippen LogP contribution < -0.4 is 4.72 Å². The van der Waals surface area contributed by atoms with Crippen molar-refractivity contribution in [2.75, 3.05) is 0 Å². The molecule has 0 spiro atoms. The van der Waals surface area contributed by atoms with Crippen molar-refractivity contribution in [3.05, 3.63) is 11.6 Å². The van der Waals surface area contributed by atoms with Crippen molar-refractivity contribution >= 4 is 18.3 Å². The number of rotatable bonds is 0. The number of nitrogens with one attached hydrogen (secondary N) is 1. The van der Waals surface area contributed by atoms with Gasteiger partial charge in [0.2, 0.25) is 5.88 Å². The van der Waals surface area contributed by atoms with Crippen molar-refractivity contribution in [2.24, 2.45) is 4.40 Å². The fraction of sp³-hybridized carbons (Fsp3) is 0. The Morgan fingerprint density at radius 1 is 1.62 bits per heavy atom. The minimum absolute atomic E-state index is 0.233. The van der Waals surface area contributed by atoms with E-state index in [4.69, 9.17) is 10.2 Å². The summed E-state index contributed by atoms with van der Waals surface area (Å²) < 4.78 is 5.86. The monoisotopic (exact) mass is 132 g/mol. The summed E-state index contributed by atoms with van der Waals surface area (Å²) in [7, 11) is 0. The van der Waals surface area contributed by atoms with Crippen LogP contribution in [0.25, 0.3) is 0 Å². The second-order valence-electron chi connectivity index (χ2n) is 1.16. The molecule has 8 heavy (non-hydrogen) atoms. The largest absolute Gasteiger partial charge is 0.502 e. The Hall–Kier alpha value is -0.840. The van der Waals surface area contributed by atoms with Crippen LogP contribution in [0.5, 0.6) is 0 Å². The Bertz CT molecular complexity index is 153. The summed E-state index contributed by atoms with van der Waals surface area (Å²) in [5.74, 6) is -0.478. The van der Waals surface area contributed by atoms with Crippen molar-refractivity contribution in [1.29, 1.82) is 0 Å². The molecule has 1 rings (SSSR count). The second kappa shape index (κ2) is 1.95. The number of aliphatic hydroxyl groups is 2. The zero-order valence-corrected chi connectivity index (χ0v) is 4.64. The van der Waals surface area contributed by atoms with E-state index in [0.29, 0.717) is 0 Å². The molecular formula is C3H4N2O2S. The van der Waals surface area contributed by atoms with Gasteiger partial charge in [-0.1, -0.05) is 0 Å². The van der Waals surface area contributed by atoms with E-state index in [1.807, 2.05) is 0 Å². The molecule has 0 radical (unpaired) electrons. The van der Waals surface area contributed by atoms with Gasteiger partial charge in [-0.3, -0.25) is 4.72 Å². The van der Waals surface area contributed by atoms with E-state index in [9.17, 15) is 0 Å². The first-order valence-corrected chi connectivity index (χ1v) is 2.65. The first-order chi connectivity index (χ1) is 3.80. The van der Waals surface area contributed by atoms with Gasteiger partial charge in [0.05, 0.1) is 18.3 Å². The van der Waals surface area contributed by atoms with Gasteiger partial charge >= 0.3 is 0 Å². The van der Waals surface area contributed by atoms with Crippen LogP contribution in [-0.4, -0.2) is 16.4 Å². The van der Waals surface area contributed by atoms with Crippen LogP contribution in [0.4, 0.5) is 0 Å². The molecule has 44 valence electrons. The number of allylic oxidation sites excluding steroid dienone is 1. The summed E-state index contributed by atoms with van der Waals surface area (Å²) in [4.78, 5) is 0. The van der Waals surface area contributed by atoms with Crippen LogP contribution in [0, 0.1) is 0 Å². The molecule has 1 heterocycles. The Kier molecular flexibility index (Phi) is 1.29. The van der Waals surface area contributed by atoms with E-state index in [1.54, 1.807) is 0 Å². The van der Waals surface area contributed by atoms with Gasteiger partial charge < -0.3 is 10.2 Å². The van der Waals surface area contributed by atoms with Crippen LogP contribution in [0.3, 0.4) is 0 Å². The molecule has 0 unspecified atom stereocenters. The molecule has 0 bridgehead atoms. The highest BCUT2D eigenvalue weighted by Gasteiger charge is 2.03. The van der Waals surface area contributed by atoms with Crippen molar-refractivity contribution < 1.29 is 10.2 Å². The quantitative estimate of drug-likeness (QED) is 0.420. The van der Waals surface area contributed by atoms with Gasteiger partial charge in [0.15, 0.2) is 5.76 Å². The van der Waals surface area contributed by atoms with E-state index in [1.165, 1.54) is 0 Å². The fourth-order valence-corrected chi connectivity index (χ4v) is 0.656. The van der Waals surface area contributed by atoms with E-state index in [-0.39, 0.29) is 11.6 Å². The van der Waals surface area contributed by atoms with Crippen LogP contribution in [0.2, 0.25) is 0 Å². The maximum Gasteiger partial charge on any atom is 0.240 e. The molecule has 0 saturated heterocycles. The van der Waals surface area contributed by atoms with Crippen molar-refractivity contribution in [3.8, 4) is 0 Å². The number of aliphatic hydroxyl groups excluding tert-OH is 2. The minimum Gasteiger partial charge on any atom is -0.502 e. The standard InChI is InChI=1S/C3H4N2O2S/c6-2-1-4-8-5-3(2)7/h1,5-7H. The van der Waals surface area contributed by atoms with Gasteiger partial charge in [-0.25, -0.2) is 0 Å². The lowest BCUT2D eigenvalue weighted by Gasteiger charge is -2.03.